The first-order valence-corrected chi connectivity index (χ1v) is 13.6. The van der Waals surface area contributed by atoms with E-state index < -0.39 is 8.24 Å². The van der Waals surface area contributed by atoms with Crippen molar-refractivity contribution in [3.63, 3.8) is 0 Å². The fraction of sp³-hybridized carbons (Fsp3) is 0.200. The third-order valence-electron chi connectivity index (χ3n) is 4.34. The maximum absolute atomic E-state index is 12.4. The predicted octanol–water partition coefficient (Wildman–Crippen LogP) is 7.09. The summed E-state index contributed by atoms with van der Waals surface area (Å²) in [5.74, 6) is -0.276. The first-order valence-electron chi connectivity index (χ1n) is 8.60. The van der Waals surface area contributed by atoms with E-state index in [1.807, 2.05) is 18.2 Å². The number of halogens is 4. The van der Waals surface area contributed by atoms with Gasteiger partial charge in [0.2, 0.25) is 0 Å². The second-order valence-corrected chi connectivity index (χ2v) is 13.8. The molecular weight excluding hydrogens is 454 g/mol. The fourth-order valence-corrected chi connectivity index (χ4v) is 4.92. The minimum Gasteiger partial charge on any atom is -0.320 e. The van der Waals surface area contributed by atoms with Crippen molar-refractivity contribution in [2.75, 3.05) is 0 Å². The highest BCUT2D eigenvalue weighted by Gasteiger charge is 2.30. The van der Waals surface area contributed by atoms with Gasteiger partial charge in [-0.2, -0.15) is 5.10 Å². The molecule has 0 atom stereocenters. The maximum atomic E-state index is 12.4. The Balaban J connectivity index is 2.16. The quantitative estimate of drug-likeness (QED) is 0.206. The molecule has 1 aliphatic carbocycles. The van der Waals surface area contributed by atoms with Gasteiger partial charge in [-0.3, -0.25) is 4.79 Å². The van der Waals surface area contributed by atoms with Crippen molar-refractivity contribution in [1.82, 2.24) is 4.67 Å². The Morgan fingerprint density at radius 2 is 1.43 bits per heavy atom. The van der Waals surface area contributed by atoms with Gasteiger partial charge in [-0.15, -0.1) is 0 Å². The fourth-order valence-electron chi connectivity index (χ4n) is 2.82. The average Bonchev–Trinajstić information content (AvgIpc) is 2.65. The lowest BCUT2D eigenvalue weighted by Crippen LogP contribution is -2.42. The molecule has 8 heteroatoms. The summed E-state index contributed by atoms with van der Waals surface area (Å²) < 4.78 is 2.08. The van der Waals surface area contributed by atoms with Crippen LogP contribution in [-0.2, 0) is 6.54 Å². The molecule has 0 heterocycles. The van der Waals surface area contributed by atoms with E-state index in [1.165, 1.54) is 6.08 Å². The summed E-state index contributed by atoms with van der Waals surface area (Å²) in [6, 6.07) is 10.1. The van der Waals surface area contributed by atoms with E-state index in [-0.39, 0.29) is 31.4 Å². The van der Waals surface area contributed by atoms with Crippen molar-refractivity contribution < 1.29 is 4.79 Å². The summed E-state index contributed by atoms with van der Waals surface area (Å²) in [6.07, 6.45) is 3.08. The van der Waals surface area contributed by atoms with Gasteiger partial charge >= 0.3 is 0 Å². The molecule has 146 valence electrons. The van der Waals surface area contributed by atoms with Crippen LogP contribution < -0.4 is 0 Å². The number of carbonyl (C=O) groups excluding carboxylic acids is 1. The van der Waals surface area contributed by atoms with Gasteiger partial charge in [-0.25, -0.2) is 0 Å². The third kappa shape index (κ3) is 4.17. The van der Waals surface area contributed by atoms with Crippen molar-refractivity contribution in [2.45, 2.75) is 26.2 Å². The number of carbonyl (C=O) groups is 1. The van der Waals surface area contributed by atoms with Gasteiger partial charge in [0, 0.05) is 5.56 Å². The van der Waals surface area contributed by atoms with Crippen LogP contribution in [-0.4, -0.2) is 24.4 Å². The Morgan fingerprint density at radius 1 is 0.857 bits per heavy atom. The molecule has 2 aromatic rings. The number of nitrogens with zero attached hydrogens (tertiary/aromatic N) is 2. The molecule has 3 nitrogen and oxygen atoms in total. The highest BCUT2D eigenvalue weighted by atomic mass is 35.5. The van der Waals surface area contributed by atoms with Gasteiger partial charge < -0.3 is 4.67 Å². The van der Waals surface area contributed by atoms with Crippen LogP contribution in [0.4, 0.5) is 0 Å². The van der Waals surface area contributed by atoms with Gasteiger partial charge in [0.25, 0.3) is 0 Å². The zero-order valence-electron chi connectivity index (χ0n) is 15.6. The summed E-state index contributed by atoms with van der Waals surface area (Å²) >= 11 is 25.2. The summed E-state index contributed by atoms with van der Waals surface area (Å²) in [5, 5.41) is 5.34. The third-order valence-corrected chi connectivity index (χ3v) is 7.95. The van der Waals surface area contributed by atoms with Gasteiger partial charge in [-0.1, -0.05) is 96.4 Å². The van der Waals surface area contributed by atoms with E-state index >= 15 is 0 Å². The Hall–Kier alpha value is -1.30. The monoisotopic (exact) mass is 470 g/mol. The topological polar surface area (TPSA) is 32.7 Å². The molecule has 0 aliphatic heterocycles. The van der Waals surface area contributed by atoms with Crippen LogP contribution in [0.1, 0.15) is 21.5 Å². The minimum atomic E-state index is -1.86. The van der Waals surface area contributed by atoms with E-state index in [0.29, 0.717) is 17.8 Å². The number of allylic oxidation sites excluding steroid dienone is 2. The number of rotatable bonds is 4. The van der Waals surface area contributed by atoms with Crippen molar-refractivity contribution in [3.8, 4) is 0 Å². The van der Waals surface area contributed by atoms with Crippen molar-refractivity contribution in [3.05, 3.63) is 79.3 Å². The van der Waals surface area contributed by atoms with Crippen LogP contribution in [0.2, 0.25) is 39.7 Å². The Morgan fingerprint density at radius 3 is 2.00 bits per heavy atom. The van der Waals surface area contributed by atoms with Crippen LogP contribution in [0.15, 0.2) is 47.6 Å². The lowest BCUT2D eigenvalue weighted by molar-refractivity contribution is 0.104. The number of hydrazone groups is 1. The van der Waals surface area contributed by atoms with Gasteiger partial charge in [-0.05, 0) is 17.7 Å². The molecular formula is C20H18Cl4N2OSi. The van der Waals surface area contributed by atoms with Crippen LogP contribution in [0.25, 0.3) is 0 Å². The largest absolute Gasteiger partial charge is 0.320 e. The molecule has 0 saturated carbocycles. The zero-order chi connectivity index (χ0) is 20.6. The molecule has 2 aromatic carbocycles. The highest BCUT2D eigenvalue weighted by molar-refractivity contribution is 6.73. The van der Waals surface area contributed by atoms with Gasteiger partial charge in [0.05, 0.1) is 37.9 Å². The number of hydrogen-bond acceptors (Lipinski definition) is 3. The second kappa shape index (κ2) is 8.21. The molecule has 3 rings (SSSR count). The van der Waals surface area contributed by atoms with Crippen molar-refractivity contribution in [1.29, 1.82) is 0 Å². The standard InChI is InChI=1S/C20H18Cl4N2OSi/c1-28(2,3)26(11-12-7-5-4-6-8-12)25-13-9-10-14(27)16-15(13)17(21)19(23)20(24)18(16)22/h4-10H,11H2,1-3H3. The average molecular weight is 472 g/mol. The summed E-state index contributed by atoms with van der Waals surface area (Å²) in [5.41, 5.74) is 2.34. The van der Waals surface area contributed by atoms with Crippen LogP contribution in [0, 0.1) is 0 Å². The van der Waals surface area contributed by atoms with E-state index in [1.54, 1.807) is 6.08 Å². The summed E-state index contributed by atoms with van der Waals surface area (Å²) in [6.45, 7) is 7.23. The molecule has 0 N–H and O–H groups in total. The van der Waals surface area contributed by atoms with E-state index in [4.69, 9.17) is 51.5 Å². The van der Waals surface area contributed by atoms with Gasteiger partial charge in [0.1, 0.15) is 0 Å². The van der Waals surface area contributed by atoms with E-state index in [9.17, 15) is 4.79 Å². The minimum absolute atomic E-state index is 0.0708. The number of fused-ring (bicyclic) bond motifs is 1. The van der Waals surface area contributed by atoms with Crippen molar-refractivity contribution >= 4 is 66.1 Å². The Kier molecular flexibility index (Phi) is 6.28. The van der Waals surface area contributed by atoms with Crippen LogP contribution in [0.3, 0.4) is 0 Å². The maximum Gasteiger partial charge on any atom is 0.188 e. The first kappa shape index (κ1) is 21.4. The number of hydrogen-bond donors (Lipinski definition) is 0. The SMILES string of the molecule is C[Si](C)(C)N(Cc1ccccc1)N=C1C=CC(=O)c2c(Cl)c(Cl)c(Cl)c(Cl)c21. The Bertz CT molecular complexity index is 998. The number of benzene rings is 2. The molecule has 28 heavy (non-hydrogen) atoms. The number of ketones is 1. The predicted molar refractivity (Wildman–Crippen MR) is 122 cm³/mol. The molecule has 0 radical (unpaired) electrons. The Labute approximate surface area is 185 Å². The molecule has 0 aromatic heterocycles. The van der Waals surface area contributed by atoms with E-state index in [2.05, 4.69) is 36.4 Å². The van der Waals surface area contributed by atoms with Gasteiger partial charge in [0.15, 0.2) is 14.0 Å². The molecule has 0 bridgehead atoms. The molecule has 0 fully saturated rings. The summed E-state index contributed by atoms with van der Waals surface area (Å²) in [7, 11) is -1.86. The molecule has 0 saturated heterocycles. The summed E-state index contributed by atoms with van der Waals surface area (Å²) in [4.78, 5) is 12.4. The van der Waals surface area contributed by atoms with Crippen LogP contribution >= 0.6 is 46.4 Å². The van der Waals surface area contributed by atoms with Crippen LogP contribution in [0.5, 0.6) is 0 Å². The molecule has 0 spiro atoms. The lowest BCUT2D eigenvalue weighted by atomic mass is 9.94. The first-order chi connectivity index (χ1) is 13.1. The second-order valence-electron chi connectivity index (χ2n) is 7.40. The molecule has 0 unspecified atom stereocenters. The lowest BCUT2D eigenvalue weighted by Gasteiger charge is -2.33. The molecule has 1 aliphatic rings. The smallest absolute Gasteiger partial charge is 0.188 e. The highest BCUT2D eigenvalue weighted by Crippen LogP contribution is 2.43. The van der Waals surface area contributed by atoms with E-state index in [0.717, 1.165) is 5.56 Å². The van der Waals surface area contributed by atoms with Crippen molar-refractivity contribution in [2.24, 2.45) is 5.10 Å². The normalized spacial score (nSPS) is 15.1. The zero-order valence-corrected chi connectivity index (χ0v) is 19.6. The molecule has 0 amide bonds.